The highest BCUT2D eigenvalue weighted by Crippen LogP contribution is 2.40. The van der Waals surface area contributed by atoms with E-state index in [1.54, 1.807) is 0 Å². The first-order chi connectivity index (χ1) is 14.6. The Hall–Kier alpha value is -3.35. The molecule has 7 heteroatoms. The maximum absolute atomic E-state index is 12.3. The van der Waals surface area contributed by atoms with E-state index in [0.29, 0.717) is 31.1 Å². The van der Waals surface area contributed by atoms with Crippen molar-refractivity contribution in [2.24, 2.45) is 0 Å². The lowest BCUT2D eigenvalue weighted by molar-refractivity contribution is -0.128. The second-order valence-electron chi connectivity index (χ2n) is 8.06. The number of amides is 3. The van der Waals surface area contributed by atoms with Crippen molar-refractivity contribution in [1.82, 2.24) is 15.2 Å². The Morgan fingerprint density at radius 3 is 2.83 bits per heavy atom. The van der Waals surface area contributed by atoms with Crippen LogP contribution in [0, 0.1) is 0 Å². The van der Waals surface area contributed by atoms with Gasteiger partial charge in [0.05, 0.1) is 0 Å². The Kier molecular flexibility index (Phi) is 4.86. The molecule has 30 heavy (non-hydrogen) atoms. The maximum atomic E-state index is 12.3. The number of oxazole rings is 1. The minimum Gasteiger partial charge on any atom is -0.440 e. The molecule has 0 bridgehead atoms. The van der Waals surface area contributed by atoms with E-state index in [4.69, 9.17) is 4.42 Å². The number of urea groups is 1. The van der Waals surface area contributed by atoms with Gasteiger partial charge in [-0.05, 0) is 48.6 Å². The summed E-state index contributed by atoms with van der Waals surface area (Å²) in [6.45, 7) is 1.85. The Morgan fingerprint density at radius 1 is 1.17 bits per heavy atom. The number of hydrogen-bond acceptors (Lipinski definition) is 4. The number of carbonyl (C=O) groups excluding carboxylic acids is 2. The fraction of sp³-hybridized carbons (Fsp3) is 0.348. The standard InChI is InChI=1S/C23H24N4O3/c28-21-5-2-10-27(21)14-16-4-1-3-15(11-16)13-24-23(29)25-18-8-9-20-19(12-18)26-22(30-20)17-6-7-17/h1,3-4,8-9,11-12,17H,2,5-7,10,13-14H2,(H2,24,25,29). The van der Waals surface area contributed by atoms with Gasteiger partial charge in [0.15, 0.2) is 11.5 Å². The van der Waals surface area contributed by atoms with Gasteiger partial charge in [-0.3, -0.25) is 4.79 Å². The Morgan fingerprint density at radius 2 is 2.03 bits per heavy atom. The number of rotatable bonds is 6. The SMILES string of the molecule is O=C(NCc1cccc(CN2CCCC2=O)c1)Nc1ccc2oc(C3CC3)nc2c1. The molecule has 1 aromatic heterocycles. The van der Waals surface area contributed by atoms with Crippen LogP contribution in [0.5, 0.6) is 0 Å². The second-order valence-corrected chi connectivity index (χ2v) is 8.06. The van der Waals surface area contributed by atoms with E-state index in [-0.39, 0.29) is 11.9 Å². The lowest BCUT2D eigenvalue weighted by atomic mass is 10.1. The molecule has 5 rings (SSSR count). The normalized spacial score (nSPS) is 16.3. The molecule has 1 saturated carbocycles. The number of hydrogen-bond donors (Lipinski definition) is 2. The monoisotopic (exact) mass is 404 g/mol. The van der Waals surface area contributed by atoms with Crippen LogP contribution in [0.4, 0.5) is 10.5 Å². The first-order valence-corrected chi connectivity index (χ1v) is 10.4. The number of carbonyl (C=O) groups is 2. The summed E-state index contributed by atoms with van der Waals surface area (Å²) in [5.41, 5.74) is 4.26. The van der Waals surface area contributed by atoms with Crippen LogP contribution in [-0.2, 0) is 17.9 Å². The summed E-state index contributed by atoms with van der Waals surface area (Å²) < 4.78 is 5.76. The molecular weight excluding hydrogens is 380 g/mol. The van der Waals surface area contributed by atoms with Crippen LogP contribution in [0.1, 0.15) is 48.6 Å². The van der Waals surface area contributed by atoms with Gasteiger partial charge in [0.1, 0.15) is 5.52 Å². The van der Waals surface area contributed by atoms with Gasteiger partial charge >= 0.3 is 6.03 Å². The van der Waals surface area contributed by atoms with E-state index < -0.39 is 0 Å². The molecular formula is C23H24N4O3. The van der Waals surface area contributed by atoms with Crippen molar-refractivity contribution in [2.75, 3.05) is 11.9 Å². The highest BCUT2D eigenvalue weighted by Gasteiger charge is 2.28. The number of nitrogens with zero attached hydrogens (tertiary/aromatic N) is 2. The van der Waals surface area contributed by atoms with Gasteiger partial charge in [-0.2, -0.15) is 0 Å². The zero-order valence-corrected chi connectivity index (χ0v) is 16.7. The van der Waals surface area contributed by atoms with Crippen molar-refractivity contribution >= 4 is 28.7 Å². The highest BCUT2D eigenvalue weighted by atomic mass is 16.3. The zero-order valence-electron chi connectivity index (χ0n) is 16.7. The van der Waals surface area contributed by atoms with E-state index in [0.717, 1.165) is 53.9 Å². The Balaban J connectivity index is 1.17. The van der Waals surface area contributed by atoms with Crippen LogP contribution >= 0.6 is 0 Å². The summed E-state index contributed by atoms with van der Waals surface area (Å²) in [7, 11) is 0. The highest BCUT2D eigenvalue weighted by molar-refractivity contribution is 5.91. The summed E-state index contributed by atoms with van der Waals surface area (Å²) >= 11 is 0. The molecule has 2 aromatic carbocycles. The van der Waals surface area contributed by atoms with Gasteiger partial charge < -0.3 is 20.0 Å². The smallest absolute Gasteiger partial charge is 0.319 e. The van der Waals surface area contributed by atoms with Crippen molar-refractivity contribution in [3.8, 4) is 0 Å². The summed E-state index contributed by atoms with van der Waals surface area (Å²) in [6.07, 6.45) is 3.84. The van der Waals surface area contributed by atoms with Gasteiger partial charge in [0, 0.05) is 37.7 Å². The molecule has 7 nitrogen and oxygen atoms in total. The average Bonchev–Trinajstić information content (AvgIpc) is 3.39. The molecule has 0 spiro atoms. The molecule has 0 radical (unpaired) electrons. The van der Waals surface area contributed by atoms with Crippen molar-refractivity contribution in [1.29, 1.82) is 0 Å². The fourth-order valence-corrected chi connectivity index (χ4v) is 3.82. The number of benzene rings is 2. The van der Waals surface area contributed by atoms with Gasteiger partial charge in [-0.25, -0.2) is 9.78 Å². The van der Waals surface area contributed by atoms with Crippen molar-refractivity contribution in [3.05, 3.63) is 59.5 Å². The minimum absolute atomic E-state index is 0.214. The van der Waals surface area contributed by atoms with Crippen LogP contribution in [0.25, 0.3) is 11.1 Å². The zero-order chi connectivity index (χ0) is 20.5. The molecule has 3 aromatic rings. The van der Waals surface area contributed by atoms with E-state index >= 15 is 0 Å². The molecule has 0 atom stereocenters. The lowest BCUT2D eigenvalue weighted by Gasteiger charge is -2.16. The van der Waals surface area contributed by atoms with Gasteiger partial charge in [-0.15, -0.1) is 0 Å². The third-order valence-electron chi connectivity index (χ3n) is 5.58. The predicted molar refractivity (Wildman–Crippen MR) is 113 cm³/mol. The first kappa shape index (κ1) is 18.7. The molecule has 154 valence electrons. The molecule has 0 unspecified atom stereocenters. The van der Waals surface area contributed by atoms with E-state index in [2.05, 4.69) is 15.6 Å². The van der Waals surface area contributed by atoms with Crippen LogP contribution < -0.4 is 10.6 Å². The van der Waals surface area contributed by atoms with E-state index in [1.165, 1.54) is 0 Å². The third-order valence-corrected chi connectivity index (χ3v) is 5.58. The van der Waals surface area contributed by atoms with Crippen molar-refractivity contribution in [3.63, 3.8) is 0 Å². The number of fused-ring (bicyclic) bond motifs is 1. The van der Waals surface area contributed by atoms with E-state index in [9.17, 15) is 9.59 Å². The Bertz CT molecular complexity index is 1100. The topological polar surface area (TPSA) is 87.5 Å². The van der Waals surface area contributed by atoms with Crippen LogP contribution in [0.15, 0.2) is 46.9 Å². The number of aromatic nitrogens is 1. The predicted octanol–water partition coefficient (Wildman–Crippen LogP) is 4.15. The molecule has 3 amide bonds. The second kappa shape index (κ2) is 7.82. The molecule has 1 saturated heterocycles. The van der Waals surface area contributed by atoms with Crippen LogP contribution in [-0.4, -0.2) is 28.4 Å². The molecule has 1 aliphatic carbocycles. The van der Waals surface area contributed by atoms with Crippen molar-refractivity contribution < 1.29 is 14.0 Å². The first-order valence-electron chi connectivity index (χ1n) is 10.4. The van der Waals surface area contributed by atoms with Gasteiger partial charge in [-0.1, -0.05) is 24.3 Å². The summed E-state index contributed by atoms with van der Waals surface area (Å²) in [4.78, 5) is 30.6. The van der Waals surface area contributed by atoms with Crippen molar-refractivity contribution in [2.45, 2.75) is 44.7 Å². The minimum atomic E-state index is -0.277. The number of anilines is 1. The van der Waals surface area contributed by atoms with Gasteiger partial charge in [0.2, 0.25) is 5.91 Å². The maximum Gasteiger partial charge on any atom is 0.319 e. The Labute approximate surface area is 174 Å². The summed E-state index contributed by atoms with van der Waals surface area (Å²) in [5.74, 6) is 1.46. The molecule has 1 aliphatic heterocycles. The fourth-order valence-electron chi connectivity index (χ4n) is 3.82. The number of nitrogens with one attached hydrogen (secondary N) is 2. The third kappa shape index (κ3) is 4.15. The molecule has 2 aliphatic rings. The quantitative estimate of drug-likeness (QED) is 0.646. The largest absolute Gasteiger partial charge is 0.440 e. The molecule has 2 heterocycles. The molecule has 2 N–H and O–H groups in total. The lowest BCUT2D eigenvalue weighted by Crippen LogP contribution is -2.28. The summed E-state index contributed by atoms with van der Waals surface area (Å²) in [5, 5.41) is 5.74. The van der Waals surface area contributed by atoms with Gasteiger partial charge in [0.25, 0.3) is 0 Å². The van der Waals surface area contributed by atoms with E-state index in [1.807, 2.05) is 47.4 Å². The number of likely N-dealkylation sites (tertiary alicyclic amines) is 1. The average molecular weight is 404 g/mol. The van der Waals surface area contributed by atoms with Crippen LogP contribution in [0.2, 0.25) is 0 Å². The summed E-state index contributed by atoms with van der Waals surface area (Å²) in [6, 6.07) is 13.2. The van der Waals surface area contributed by atoms with Crippen LogP contribution in [0.3, 0.4) is 0 Å². The molecule has 2 fully saturated rings.